The molecule has 50 heavy (non-hydrogen) atoms. The second-order valence-corrected chi connectivity index (χ2v) is 13.2. The molecule has 12 aromatic rings. The fraction of sp³-hybridized carbons (Fsp3) is 0. The molecule has 0 aliphatic heterocycles. The number of hydrogen-bond acceptors (Lipinski definition) is 3. The number of fused-ring (bicyclic) bond motifs is 16. The monoisotopic (exact) mass is 635 g/mol. The maximum absolute atomic E-state index is 5.38. The van der Waals surface area contributed by atoms with Gasteiger partial charge in [-0.3, -0.25) is 4.57 Å². The molecule has 230 valence electrons. The molecule has 0 saturated heterocycles. The minimum atomic E-state index is 0.630. The Morgan fingerprint density at radius 2 is 1.10 bits per heavy atom. The summed E-state index contributed by atoms with van der Waals surface area (Å²) < 4.78 is 4.93. The van der Waals surface area contributed by atoms with Gasteiger partial charge in [0, 0.05) is 54.9 Å². The van der Waals surface area contributed by atoms with Gasteiger partial charge >= 0.3 is 0 Å². The number of hydrogen-bond donors (Lipinski definition) is 0. The maximum atomic E-state index is 5.38. The Bertz CT molecular complexity index is 3370. The molecule has 0 atom stereocenters. The van der Waals surface area contributed by atoms with Crippen molar-refractivity contribution in [1.82, 2.24) is 23.9 Å². The van der Waals surface area contributed by atoms with Crippen molar-refractivity contribution in [2.24, 2.45) is 0 Å². The predicted molar refractivity (Wildman–Crippen MR) is 207 cm³/mol. The number of para-hydroxylation sites is 2. The van der Waals surface area contributed by atoms with Crippen molar-refractivity contribution in [3.63, 3.8) is 0 Å². The molecule has 5 nitrogen and oxygen atoms in total. The van der Waals surface area contributed by atoms with Gasteiger partial charge < -0.3 is 4.40 Å². The minimum Gasteiger partial charge on any atom is -0.307 e. The van der Waals surface area contributed by atoms with Crippen LogP contribution in [0.5, 0.6) is 0 Å². The SMILES string of the molecule is c1ccc(-c2nc3ncccc3nc2-n2c3ccccc3c3c2c2ccccc2c2c4cccc5c6ccc7ccccc7c6n(c54)c23)cc1. The molecular weight excluding hydrogens is 611 g/mol. The summed E-state index contributed by atoms with van der Waals surface area (Å²) in [6, 6.07) is 52.1. The molecule has 0 radical (unpaired) electrons. The Morgan fingerprint density at radius 1 is 0.420 bits per heavy atom. The Morgan fingerprint density at radius 3 is 2.00 bits per heavy atom. The number of aromatic nitrogens is 5. The van der Waals surface area contributed by atoms with Crippen molar-refractivity contribution in [2.45, 2.75) is 0 Å². The second kappa shape index (κ2) is 9.40. The average molecular weight is 636 g/mol. The van der Waals surface area contributed by atoms with E-state index < -0.39 is 0 Å². The van der Waals surface area contributed by atoms with Gasteiger partial charge in [0.2, 0.25) is 0 Å². The third-order valence-corrected chi connectivity index (χ3v) is 10.6. The predicted octanol–water partition coefficient (Wildman–Crippen LogP) is 11.2. The van der Waals surface area contributed by atoms with E-state index in [2.05, 4.69) is 141 Å². The molecule has 0 bridgehead atoms. The van der Waals surface area contributed by atoms with Gasteiger partial charge in [0.1, 0.15) is 11.2 Å². The molecule has 0 saturated carbocycles. The van der Waals surface area contributed by atoms with E-state index in [-0.39, 0.29) is 0 Å². The van der Waals surface area contributed by atoms with Crippen LogP contribution in [-0.4, -0.2) is 23.9 Å². The molecule has 5 aromatic heterocycles. The minimum absolute atomic E-state index is 0.630. The number of nitrogens with zero attached hydrogens (tertiary/aromatic N) is 5. The van der Waals surface area contributed by atoms with Gasteiger partial charge in [0.05, 0.1) is 27.6 Å². The summed E-state index contributed by atoms with van der Waals surface area (Å²) in [5.41, 5.74) is 9.14. The third-order valence-electron chi connectivity index (χ3n) is 10.6. The topological polar surface area (TPSA) is 48.0 Å². The number of rotatable bonds is 2. The zero-order chi connectivity index (χ0) is 32.5. The lowest BCUT2D eigenvalue weighted by Crippen LogP contribution is -2.04. The fourth-order valence-electron chi connectivity index (χ4n) is 8.69. The Kier molecular flexibility index (Phi) is 4.91. The molecule has 12 rings (SSSR count). The summed E-state index contributed by atoms with van der Waals surface area (Å²) >= 11 is 0. The van der Waals surface area contributed by atoms with Crippen molar-refractivity contribution < 1.29 is 0 Å². The first kappa shape index (κ1) is 26.1. The first-order valence-electron chi connectivity index (χ1n) is 17.0. The van der Waals surface area contributed by atoms with Gasteiger partial charge in [-0.15, -0.1) is 0 Å². The van der Waals surface area contributed by atoms with E-state index in [1.807, 2.05) is 18.2 Å². The van der Waals surface area contributed by atoms with E-state index in [0.29, 0.717) is 5.65 Å². The summed E-state index contributed by atoms with van der Waals surface area (Å²) in [5, 5.41) is 12.4. The van der Waals surface area contributed by atoms with E-state index in [1.165, 1.54) is 70.4 Å². The van der Waals surface area contributed by atoms with Crippen LogP contribution in [0, 0.1) is 0 Å². The summed E-state index contributed by atoms with van der Waals surface area (Å²) in [7, 11) is 0. The first-order valence-corrected chi connectivity index (χ1v) is 17.0. The van der Waals surface area contributed by atoms with Crippen molar-refractivity contribution in [3.05, 3.63) is 152 Å². The van der Waals surface area contributed by atoms with E-state index in [0.717, 1.165) is 33.6 Å². The fourth-order valence-corrected chi connectivity index (χ4v) is 8.69. The van der Waals surface area contributed by atoms with E-state index in [1.54, 1.807) is 6.20 Å². The Hall–Kier alpha value is -6.85. The van der Waals surface area contributed by atoms with E-state index >= 15 is 0 Å². The van der Waals surface area contributed by atoms with Crippen LogP contribution in [0.1, 0.15) is 0 Å². The van der Waals surface area contributed by atoms with Gasteiger partial charge in [-0.2, -0.15) is 0 Å². The van der Waals surface area contributed by atoms with Gasteiger partial charge in [0.15, 0.2) is 11.5 Å². The molecule has 0 unspecified atom stereocenters. The van der Waals surface area contributed by atoms with Gasteiger partial charge in [-0.1, -0.05) is 127 Å². The normalized spacial score (nSPS) is 12.4. The van der Waals surface area contributed by atoms with Crippen LogP contribution in [0.4, 0.5) is 0 Å². The van der Waals surface area contributed by atoms with Crippen LogP contribution in [0.3, 0.4) is 0 Å². The Labute approximate surface area is 284 Å². The van der Waals surface area contributed by atoms with E-state index in [4.69, 9.17) is 9.97 Å². The standard InChI is InChI=1S/C45H25N5/c1-2-13-27(14-3-1)39-45(47-35-21-11-25-46-44(35)48-39)49-36-22-9-8-18-33(36)38-42(49)30-17-7-6-16-29(30)37-34-20-10-19-31-32-24-23-26-12-4-5-15-28(26)40(32)50(41(31)34)43(37)38/h1-25H. The highest BCUT2D eigenvalue weighted by atomic mass is 15.1. The summed E-state index contributed by atoms with van der Waals surface area (Å²) in [6.07, 6.45) is 1.78. The number of benzene rings is 7. The van der Waals surface area contributed by atoms with Crippen LogP contribution in [0.15, 0.2) is 152 Å². The summed E-state index contributed by atoms with van der Waals surface area (Å²) in [4.78, 5) is 15.2. The van der Waals surface area contributed by atoms with Crippen LogP contribution in [0.2, 0.25) is 0 Å². The van der Waals surface area contributed by atoms with E-state index in [9.17, 15) is 0 Å². The Balaban J connectivity index is 1.40. The molecule has 0 N–H and O–H groups in total. The molecule has 0 amide bonds. The third kappa shape index (κ3) is 3.19. The summed E-state index contributed by atoms with van der Waals surface area (Å²) in [6.45, 7) is 0. The molecule has 0 aliphatic rings. The van der Waals surface area contributed by atoms with Crippen LogP contribution < -0.4 is 0 Å². The van der Waals surface area contributed by atoms with Crippen LogP contribution in [0.25, 0.3) is 110 Å². The largest absolute Gasteiger partial charge is 0.307 e. The highest BCUT2D eigenvalue weighted by molar-refractivity contribution is 6.40. The summed E-state index contributed by atoms with van der Waals surface area (Å²) in [5.74, 6) is 0.788. The maximum Gasteiger partial charge on any atom is 0.178 e. The molecule has 5 heterocycles. The molecular formula is C45H25N5. The zero-order valence-electron chi connectivity index (χ0n) is 26.7. The van der Waals surface area contributed by atoms with Gasteiger partial charge in [-0.05, 0) is 29.0 Å². The zero-order valence-corrected chi connectivity index (χ0v) is 26.7. The highest BCUT2D eigenvalue weighted by Crippen LogP contribution is 2.49. The molecule has 5 heteroatoms. The van der Waals surface area contributed by atoms with Crippen molar-refractivity contribution in [3.8, 4) is 17.1 Å². The highest BCUT2D eigenvalue weighted by Gasteiger charge is 2.27. The molecule has 0 fully saturated rings. The van der Waals surface area contributed by atoms with Crippen LogP contribution >= 0.6 is 0 Å². The van der Waals surface area contributed by atoms with Gasteiger partial charge in [-0.25, -0.2) is 15.0 Å². The lowest BCUT2D eigenvalue weighted by Gasteiger charge is -2.15. The lowest BCUT2D eigenvalue weighted by molar-refractivity contribution is 1.07. The van der Waals surface area contributed by atoms with Crippen LogP contribution in [-0.2, 0) is 0 Å². The average Bonchev–Trinajstić information content (AvgIpc) is 3.83. The smallest absolute Gasteiger partial charge is 0.178 e. The number of pyridine rings is 1. The van der Waals surface area contributed by atoms with Crippen molar-refractivity contribution >= 4 is 92.6 Å². The van der Waals surface area contributed by atoms with Crippen molar-refractivity contribution in [1.29, 1.82) is 0 Å². The quantitative estimate of drug-likeness (QED) is 0.190. The molecule has 7 aromatic carbocycles. The first-order chi connectivity index (χ1) is 24.8. The molecule has 0 aliphatic carbocycles. The van der Waals surface area contributed by atoms with Gasteiger partial charge in [0.25, 0.3) is 0 Å². The lowest BCUT2D eigenvalue weighted by atomic mass is 9.98. The van der Waals surface area contributed by atoms with Crippen molar-refractivity contribution in [2.75, 3.05) is 0 Å². The molecule has 0 spiro atoms. The second-order valence-electron chi connectivity index (χ2n) is 13.2.